The van der Waals surface area contributed by atoms with E-state index in [0.717, 1.165) is 24.0 Å². The second kappa shape index (κ2) is 10.2. The van der Waals surface area contributed by atoms with Crippen LogP contribution in [0.5, 0.6) is 0 Å². The fraction of sp³-hybridized carbons (Fsp3) is 0.357. The van der Waals surface area contributed by atoms with Crippen LogP contribution >= 0.6 is 0 Å². The maximum atomic E-state index is 13.4. The SMILES string of the molecule is C[C@H](C(=O)NC1(c2ccccc2)CCC(c2ccncc2)CC1)c1cc(C(F)(F)F)cc(C(F)(F)F)c1. The predicted octanol–water partition coefficient (Wildman–Crippen LogP) is 7.59. The maximum Gasteiger partial charge on any atom is 0.416 e. The molecule has 1 saturated carbocycles. The maximum absolute atomic E-state index is 13.4. The fourth-order valence-electron chi connectivity index (χ4n) is 5.05. The third-order valence-corrected chi connectivity index (χ3v) is 7.21. The van der Waals surface area contributed by atoms with Gasteiger partial charge in [0, 0.05) is 12.4 Å². The molecule has 0 aliphatic heterocycles. The van der Waals surface area contributed by atoms with Gasteiger partial charge in [-0.2, -0.15) is 26.3 Å². The molecule has 1 fully saturated rings. The molecule has 1 aliphatic rings. The van der Waals surface area contributed by atoms with Crippen LogP contribution in [0.15, 0.2) is 73.1 Å². The Morgan fingerprint density at radius 2 is 1.43 bits per heavy atom. The number of amides is 1. The molecule has 1 atom stereocenters. The molecule has 0 spiro atoms. The summed E-state index contributed by atoms with van der Waals surface area (Å²) in [5.41, 5.74) is -2.01. The van der Waals surface area contributed by atoms with Gasteiger partial charge in [0.1, 0.15) is 0 Å². The number of nitrogens with one attached hydrogen (secondary N) is 1. The molecule has 3 nitrogen and oxygen atoms in total. The van der Waals surface area contributed by atoms with E-state index in [9.17, 15) is 31.1 Å². The number of benzene rings is 2. The first-order valence-electron chi connectivity index (χ1n) is 12.0. The van der Waals surface area contributed by atoms with Crippen molar-refractivity contribution in [2.24, 2.45) is 0 Å². The first-order chi connectivity index (χ1) is 17.4. The van der Waals surface area contributed by atoms with E-state index in [2.05, 4.69) is 10.3 Å². The van der Waals surface area contributed by atoms with Gasteiger partial charge in [-0.25, -0.2) is 0 Å². The monoisotopic (exact) mass is 520 g/mol. The highest BCUT2D eigenvalue weighted by Gasteiger charge is 2.41. The zero-order chi connectivity index (χ0) is 26.8. The van der Waals surface area contributed by atoms with E-state index < -0.39 is 40.8 Å². The summed E-state index contributed by atoms with van der Waals surface area (Å²) in [6.07, 6.45) is -3.89. The normalized spacial score (nSPS) is 21.3. The quantitative estimate of drug-likeness (QED) is 0.352. The second-order valence-electron chi connectivity index (χ2n) is 9.55. The zero-order valence-electron chi connectivity index (χ0n) is 20.0. The number of halogens is 6. The van der Waals surface area contributed by atoms with Crippen LogP contribution in [0.25, 0.3) is 0 Å². The molecule has 1 N–H and O–H groups in total. The first-order valence-corrected chi connectivity index (χ1v) is 12.0. The van der Waals surface area contributed by atoms with Gasteiger partial charge in [-0.05, 0) is 85.5 Å². The van der Waals surface area contributed by atoms with Crippen LogP contribution in [0.2, 0.25) is 0 Å². The highest BCUT2D eigenvalue weighted by molar-refractivity contribution is 5.84. The van der Waals surface area contributed by atoms with Gasteiger partial charge in [0.25, 0.3) is 0 Å². The molecule has 1 aromatic heterocycles. The minimum Gasteiger partial charge on any atom is -0.346 e. The van der Waals surface area contributed by atoms with Crippen LogP contribution in [0, 0.1) is 0 Å². The molecule has 4 rings (SSSR count). The lowest BCUT2D eigenvalue weighted by atomic mass is 9.71. The molecule has 2 aromatic carbocycles. The zero-order valence-corrected chi connectivity index (χ0v) is 20.0. The number of alkyl halides is 6. The van der Waals surface area contributed by atoms with Gasteiger partial charge < -0.3 is 5.32 Å². The third kappa shape index (κ3) is 5.97. The Balaban J connectivity index is 1.63. The standard InChI is InChI=1S/C28H26F6N2O/c1-18(21-15-23(27(29,30)31)17-24(16-21)28(32,33)34)25(37)36-26(22-5-3-2-4-6-22)11-7-19(8-12-26)20-9-13-35-14-10-20/h2-6,9-10,13-19H,7-8,11-12H2,1H3,(H,36,37)/t18-,19?,26?/m0/s1. The number of nitrogens with zero attached hydrogens (tertiary/aromatic N) is 1. The molecule has 196 valence electrons. The second-order valence-corrected chi connectivity index (χ2v) is 9.55. The van der Waals surface area contributed by atoms with E-state index in [1.54, 1.807) is 12.4 Å². The summed E-state index contributed by atoms with van der Waals surface area (Å²) in [5, 5.41) is 3.02. The number of hydrogen-bond donors (Lipinski definition) is 1. The van der Waals surface area contributed by atoms with Crippen molar-refractivity contribution in [1.29, 1.82) is 0 Å². The molecule has 0 saturated heterocycles. The van der Waals surface area contributed by atoms with Crippen LogP contribution in [0.4, 0.5) is 26.3 Å². The number of carbonyl (C=O) groups is 1. The summed E-state index contributed by atoms with van der Waals surface area (Å²) >= 11 is 0. The number of aromatic nitrogens is 1. The smallest absolute Gasteiger partial charge is 0.346 e. The Hall–Kier alpha value is -3.36. The van der Waals surface area contributed by atoms with E-state index in [0.29, 0.717) is 25.0 Å². The summed E-state index contributed by atoms with van der Waals surface area (Å²) < 4.78 is 80.2. The first kappa shape index (κ1) is 26.7. The van der Waals surface area contributed by atoms with Crippen molar-refractivity contribution in [1.82, 2.24) is 10.3 Å². The molecular formula is C28H26F6N2O. The van der Waals surface area contributed by atoms with Crippen molar-refractivity contribution in [2.75, 3.05) is 0 Å². The van der Waals surface area contributed by atoms with Crippen molar-refractivity contribution >= 4 is 5.91 Å². The Kier molecular flexibility index (Phi) is 7.35. The molecular weight excluding hydrogens is 494 g/mol. The van der Waals surface area contributed by atoms with E-state index in [1.165, 1.54) is 6.92 Å². The van der Waals surface area contributed by atoms with Gasteiger partial charge in [-0.15, -0.1) is 0 Å². The molecule has 0 bridgehead atoms. The molecule has 37 heavy (non-hydrogen) atoms. The van der Waals surface area contributed by atoms with Gasteiger partial charge >= 0.3 is 12.4 Å². The molecule has 3 aromatic rings. The average Bonchev–Trinajstić information content (AvgIpc) is 2.88. The predicted molar refractivity (Wildman–Crippen MR) is 127 cm³/mol. The third-order valence-electron chi connectivity index (χ3n) is 7.21. The van der Waals surface area contributed by atoms with Crippen molar-refractivity contribution < 1.29 is 31.1 Å². The van der Waals surface area contributed by atoms with Crippen LogP contribution in [-0.2, 0) is 22.7 Å². The van der Waals surface area contributed by atoms with Gasteiger partial charge in [0.15, 0.2) is 0 Å². The number of hydrogen-bond acceptors (Lipinski definition) is 2. The van der Waals surface area contributed by atoms with E-state index in [4.69, 9.17) is 0 Å². The van der Waals surface area contributed by atoms with Crippen LogP contribution in [0.3, 0.4) is 0 Å². The minimum atomic E-state index is -4.98. The Bertz CT molecular complexity index is 1180. The van der Waals surface area contributed by atoms with Crippen molar-refractivity contribution in [2.45, 2.75) is 62.3 Å². The number of pyridine rings is 1. The molecule has 9 heteroatoms. The van der Waals surface area contributed by atoms with E-state index in [-0.39, 0.29) is 17.5 Å². The topological polar surface area (TPSA) is 42.0 Å². The minimum absolute atomic E-state index is 0.0694. The Morgan fingerprint density at radius 3 is 1.95 bits per heavy atom. The van der Waals surface area contributed by atoms with Gasteiger partial charge in [0.05, 0.1) is 22.6 Å². The molecule has 1 heterocycles. The lowest BCUT2D eigenvalue weighted by Crippen LogP contribution is -2.49. The van der Waals surface area contributed by atoms with Crippen LogP contribution in [-0.4, -0.2) is 10.9 Å². The van der Waals surface area contributed by atoms with E-state index >= 15 is 0 Å². The fourth-order valence-corrected chi connectivity index (χ4v) is 5.05. The summed E-state index contributed by atoms with van der Waals surface area (Å²) in [4.78, 5) is 17.4. The Labute approximate surface area is 210 Å². The van der Waals surface area contributed by atoms with Crippen molar-refractivity contribution in [3.05, 3.63) is 101 Å². The Morgan fingerprint density at radius 1 is 0.892 bits per heavy atom. The van der Waals surface area contributed by atoms with E-state index in [1.807, 2.05) is 42.5 Å². The van der Waals surface area contributed by atoms with Gasteiger partial charge in [-0.3, -0.25) is 9.78 Å². The van der Waals surface area contributed by atoms with Crippen molar-refractivity contribution in [3.63, 3.8) is 0 Å². The average molecular weight is 521 g/mol. The summed E-state index contributed by atoms with van der Waals surface area (Å²) in [6.45, 7) is 1.33. The highest BCUT2D eigenvalue weighted by atomic mass is 19.4. The summed E-state index contributed by atoms with van der Waals surface area (Å²) in [7, 11) is 0. The molecule has 1 amide bonds. The highest BCUT2D eigenvalue weighted by Crippen LogP contribution is 2.44. The van der Waals surface area contributed by atoms with Gasteiger partial charge in [-0.1, -0.05) is 30.3 Å². The van der Waals surface area contributed by atoms with Crippen LogP contribution < -0.4 is 5.32 Å². The largest absolute Gasteiger partial charge is 0.416 e. The van der Waals surface area contributed by atoms with Crippen LogP contribution in [0.1, 0.15) is 72.3 Å². The molecule has 0 radical (unpaired) electrons. The number of carbonyl (C=O) groups excluding carboxylic acids is 1. The molecule has 1 aliphatic carbocycles. The van der Waals surface area contributed by atoms with Gasteiger partial charge in [0.2, 0.25) is 5.91 Å². The lowest BCUT2D eigenvalue weighted by Gasteiger charge is -2.42. The summed E-state index contributed by atoms with van der Waals surface area (Å²) in [5.74, 6) is -1.60. The number of rotatable bonds is 5. The summed E-state index contributed by atoms with van der Waals surface area (Å²) in [6, 6.07) is 14.5. The lowest BCUT2D eigenvalue weighted by molar-refractivity contribution is -0.143. The molecule has 0 unspecified atom stereocenters. The van der Waals surface area contributed by atoms with Crippen molar-refractivity contribution in [3.8, 4) is 0 Å².